The lowest BCUT2D eigenvalue weighted by Crippen LogP contribution is -2.40. The van der Waals surface area contributed by atoms with Crippen LogP contribution in [0.2, 0.25) is 0 Å². The van der Waals surface area contributed by atoms with Crippen molar-refractivity contribution < 1.29 is 0 Å². The van der Waals surface area contributed by atoms with Crippen LogP contribution in [0.5, 0.6) is 0 Å². The summed E-state index contributed by atoms with van der Waals surface area (Å²) >= 11 is 0. The molecule has 0 atom stereocenters. The maximum absolute atomic E-state index is 4.30. The number of allylic oxidation sites excluding steroid dienone is 1. The first-order valence-electron chi connectivity index (χ1n) is 6.41. The van der Waals surface area contributed by atoms with Gasteiger partial charge >= 0.3 is 0 Å². The summed E-state index contributed by atoms with van der Waals surface area (Å²) in [5.41, 5.74) is 1.86. The first-order valence-corrected chi connectivity index (χ1v) is 6.41. The minimum absolute atomic E-state index is 0.401. The predicted octanol–water partition coefficient (Wildman–Crippen LogP) is 3.71. The minimum atomic E-state index is 0.401. The van der Waals surface area contributed by atoms with E-state index in [1.807, 2.05) is 0 Å². The Balaban J connectivity index is 2.51. The molecule has 0 saturated carbocycles. The highest BCUT2D eigenvalue weighted by molar-refractivity contribution is 5.12. The molecule has 1 aliphatic heterocycles. The lowest BCUT2D eigenvalue weighted by atomic mass is 9.71. The molecule has 1 heteroatoms. The van der Waals surface area contributed by atoms with E-state index in [-0.39, 0.29) is 0 Å². The Morgan fingerprint density at radius 2 is 1.87 bits per heavy atom. The average Bonchev–Trinajstić information content (AvgIpc) is 2.21. The summed E-state index contributed by atoms with van der Waals surface area (Å²) < 4.78 is 0. The standard InChI is InChI=1S/C14H27N/c1-6-9-15-10-7-14(5,8-11-15)13(4)12(2)3/h12H,4,6-11H2,1-3,5H3. The van der Waals surface area contributed by atoms with Gasteiger partial charge < -0.3 is 4.90 Å². The van der Waals surface area contributed by atoms with Gasteiger partial charge in [-0.2, -0.15) is 0 Å². The first-order chi connectivity index (χ1) is 6.99. The Hall–Kier alpha value is -0.300. The van der Waals surface area contributed by atoms with Gasteiger partial charge in [-0.3, -0.25) is 0 Å². The summed E-state index contributed by atoms with van der Waals surface area (Å²) in [4.78, 5) is 2.59. The average molecular weight is 209 g/mol. The highest BCUT2D eigenvalue weighted by Crippen LogP contribution is 2.40. The predicted molar refractivity (Wildman–Crippen MR) is 68.1 cm³/mol. The third-order valence-electron chi connectivity index (χ3n) is 3.97. The van der Waals surface area contributed by atoms with E-state index in [1.165, 1.54) is 44.5 Å². The maximum atomic E-state index is 4.30. The molecule has 15 heavy (non-hydrogen) atoms. The molecule has 0 aliphatic carbocycles. The number of rotatable bonds is 4. The van der Waals surface area contributed by atoms with Gasteiger partial charge in [0.25, 0.3) is 0 Å². The van der Waals surface area contributed by atoms with Crippen LogP contribution in [-0.2, 0) is 0 Å². The fourth-order valence-electron chi connectivity index (χ4n) is 2.60. The third-order valence-corrected chi connectivity index (χ3v) is 3.97. The molecule has 0 amide bonds. The van der Waals surface area contributed by atoms with E-state index < -0.39 is 0 Å². The molecule has 1 heterocycles. The molecule has 0 N–H and O–H groups in total. The Morgan fingerprint density at radius 3 is 2.27 bits per heavy atom. The van der Waals surface area contributed by atoms with Gasteiger partial charge in [0.05, 0.1) is 0 Å². The SMILES string of the molecule is C=C(C(C)C)C1(C)CCN(CCC)CC1. The molecule has 0 radical (unpaired) electrons. The topological polar surface area (TPSA) is 3.24 Å². The van der Waals surface area contributed by atoms with E-state index in [0.717, 1.165) is 0 Å². The van der Waals surface area contributed by atoms with Crippen molar-refractivity contribution in [2.45, 2.75) is 47.0 Å². The molecule has 0 bridgehead atoms. The van der Waals surface area contributed by atoms with Gasteiger partial charge in [-0.1, -0.05) is 39.8 Å². The van der Waals surface area contributed by atoms with E-state index in [1.54, 1.807) is 0 Å². The molecule has 0 unspecified atom stereocenters. The normalized spacial score (nSPS) is 21.9. The van der Waals surface area contributed by atoms with Crippen LogP contribution in [0.3, 0.4) is 0 Å². The summed E-state index contributed by atoms with van der Waals surface area (Å²) in [6, 6.07) is 0. The third kappa shape index (κ3) is 3.07. The van der Waals surface area contributed by atoms with Crippen molar-refractivity contribution in [1.82, 2.24) is 4.90 Å². The zero-order valence-electron chi connectivity index (χ0n) is 11.0. The number of piperidine rings is 1. The zero-order chi connectivity index (χ0) is 11.5. The van der Waals surface area contributed by atoms with E-state index in [4.69, 9.17) is 0 Å². The largest absolute Gasteiger partial charge is 0.303 e. The van der Waals surface area contributed by atoms with Crippen LogP contribution in [0.15, 0.2) is 12.2 Å². The summed E-state index contributed by atoms with van der Waals surface area (Å²) in [7, 11) is 0. The number of hydrogen-bond donors (Lipinski definition) is 0. The molecular formula is C14H27N. The van der Waals surface area contributed by atoms with Crippen LogP contribution in [0.25, 0.3) is 0 Å². The second kappa shape index (κ2) is 5.16. The lowest BCUT2D eigenvalue weighted by molar-refractivity contribution is 0.138. The van der Waals surface area contributed by atoms with Crippen molar-refractivity contribution in [3.05, 3.63) is 12.2 Å². The van der Waals surface area contributed by atoms with E-state index in [9.17, 15) is 0 Å². The van der Waals surface area contributed by atoms with Gasteiger partial charge in [0.2, 0.25) is 0 Å². The number of hydrogen-bond acceptors (Lipinski definition) is 1. The van der Waals surface area contributed by atoms with Crippen LogP contribution < -0.4 is 0 Å². The summed E-state index contributed by atoms with van der Waals surface area (Å²) in [5.74, 6) is 0.632. The molecule has 0 aromatic rings. The molecule has 1 rings (SSSR count). The van der Waals surface area contributed by atoms with E-state index in [2.05, 4.69) is 39.2 Å². The number of likely N-dealkylation sites (tertiary alicyclic amines) is 1. The quantitative estimate of drug-likeness (QED) is 0.638. The molecule has 1 fully saturated rings. The molecule has 1 aliphatic rings. The molecule has 88 valence electrons. The Labute approximate surface area is 95.5 Å². The summed E-state index contributed by atoms with van der Waals surface area (Å²) in [6.45, 7) is 17.3. The molecule has 0 aromatic carbocycles. The fraction of sp³-hybridized carbons (Fsp3) is 0.857. The Bertz CT molecular complexity index is 209. The van der Waals surface area contributed by atoms with Crippen LogP contribution in [0.4, 0.5) is 0 Å². The van der Waals surface area contributed by atoms with Crippen molar-refractivity contribution in [3.8, 4) is 0 Å². The van der Waals surface area contributed by atoms with Crippen LogP contribution in [-0.4, -0.2) is 24.5 Å². The van der Waals surface area contributed by atoms with Gasteiger partial charge in [0.1, 0.15) is 0 Å². The van der Waals surface area contributed by atoms with Gasteiger partial charge in [-0.15, -0.1) is 0 Å². The van der Waals surface area contributed by atoms with E-state index in [0.29, 0.717) is 11.3 Å². The smallest absolute Gasteiger partial charge is 0.00104 e. The number of nitrogens with zero attached hydrogens (tertiary/aromatic N) is 1. The molecule has 0 aromatic heterocycles. The second-order valence-corrected chi connectivity index (χ2v) is 5.58. The van der Waals surface area contributed by atoms with Crippen molar-refractivity contribution in [1.29, 1.82) is 0 Å². The van der Waals surface area contributed by atoms with Crippen LogP contribution in [0, 0.1) is 11.3 Å². The van der Waals surface area contributed by atoms with Gasteiger partial charge in [0, 0.05) is 0 Å². The van der Waals surface area contributed by atoms with Crippen molar-refractivity contribution in [2.24, 2.45) is 11.3 Å². The van der Waals surface area contributed by atoms with Gasteiger partial charge in [-0.05, 0) is 50.2 Å². The monoisotopic (exact) mass is 209 g/mol. The maximum Gasteiger partial charge on any atom is -0.00104 e. The molecular weight excluding hydrogens is 182 g/mol. The van der Waals surface area contributed by atoms with E-state index >= 15 is 0 Å². The molecule has 1 saturated heterocycles. The highest BCUT2D eigenvalue weighted by atomic mass is 15.1. The molecule has 0 spiro atoms. The van der Waals surface area contributed by atoms with Gasteiger partial charge in [-0.25, -0.2) is 0 Å². The minimum Gasteiger partial charge on any atom is -0.303 e. The van der Waals surface area contributed by atoms with Crippen molar-refractivity contribution in [2.75, 3.05) is 19.6 Å². The highest BCUT2D eigenvalue weighted by Gasteiger charge is 2.32. The summed E-state index contributed by atoms with van der Waals surface area (Å²) in [6.07, 6.45) is 3.87. The second-order valence-electron chi connectivity index (χ2n) is 5.58. The summed E-state index contributed by atoms with van der Waals surface area (Å²) in [5, 5.41) is 0. The first kappa shape index (κ1) is 12.8. The van der Waals surface area contributed by atoms with Crippen molar-refractivity contribution >= 4 is 0 Å². The van der Waals surface area contributed by atoms with Crippen LogP contribution >= 0.6 is 0 Å². The van der Waals surface area contributed by atoms with Gasteiger partial charge in [0.15, 0.2) is 0 Å². The Kier molecular flexibility index (Phi) is 4.39. The molecule has 1 nitrogen and oxygen atoms in total. The zero-order valence-corrected chi connectivity index (χ0v) is 11.0. The van der Waals surface area contributed by atoms with Crippen molar-refractivity contribution in [3.63, 3.8) is 0 Å². The fourth-order valence-corrected chi connectivity index (χ4v) is 2.60. The van der Waals surface area contributed by atoms with Crippen LogP contribution in [0.1, 0.15) is 47.0 Å². The lowest BCUT2D eigenvalue weighted by Gasteiger charge is -2.42. The Morgan fingerprint density at radius 1 is 1.33 bits per heavy atom.